The lowest BCUT2D eigenvalue weighted by molar-refractivity contribution is 0.0881. The first-order chi connectivity index (χ1) is 7.74. The zero-order valence-corrected chi connectivity index (χ0v) is 9.00. The first kappa shape index (κ1) is 9.84. The summed E-state index contributed by atoms with van der Waals surface area (Å²) in [4.78, 5) is 11.1. The summed E-state index contributed by atoms with van der Waals surface area (Å²) in [6.07, 6.45) is 5.82. The van der Waals surface area contributed by atoms with Gasteiger partial charge >= 0.3 is 0 Å². The van der Waals surface area contributed by atoms with Crippen molar-refractivity contribution in [3.8, 4) is 0 Å². The van der Waals surface area contributed by atoms with Gasteiger partial charge in [0.2, 0.25) is 0 Å². The summed E-state index contributed by atoms with van der Waals surface area (Å²) in [5.41, 5.74) is 5.77. The zero-order chi connectivity index (χ0) is 11.1. The molecule has 5 heteroatoms. The Kier molecular flexibility index (Phi) is 2.21. The highest BCUT2D eigenvalue weighted by Gasteiger charge is 2.41. The molecule has 1 aromatic rings. The van der Waals surface area contributed by atoms with Crippen LogP contribution >= 0.6 is 0 Å². The number of primary amides is 1. The van der Waals surface area contributed by atoms with Crippen molar-refractivity contribution in [2.75, 3.05) is 0 Å². The van der Waals surface area contributed by atoms with E-state index in [-0.39, 0.29) is 0 Å². The van der Waals surface area contributed by atoms with Crippen LogP contribution in [0.3, 0.4) is 0 Å². The maximum Gasteiger partial charge on any atom is 0.266 e. The van der Waals surface area contributed by atoms with Gasteiger partial charge in [0.25, 0.3) is 5.91 Å². The van der Waals surface area contributed by atoms with E-state index in [4.69, 9.17) is 10.5 Å². The zero-order valence-electron chi connectivity index (χ0n) is 9.00. The molecule has 0 aliphatic carbocycles. The lowest BCUT2D eigenvalue weighted by Crippen LogP contribution is -2.25. The predicted molar refractivity (Wildman–Crippen MR) is 56.7 cm³/mol. The van der Waals surface area contributed by atoms with Crippen LogP contribution in [0.1, 0.15) is 29.8 Å². The van der Waals surface area contributed by atoms with Crippen molar-refractivity contribution in [2.24, 2.45) is 11.7 Å². The number of amides is 1. The Hall–Kier alpha value is -1.36. The summed E-state index contributed by atoms with van der Waals surface area (Å²) >= 11 is 0. The Morgan fingerprint density at radius 3 is 3.12 bits per heavy atom. The fraction of sp³-hybridized carbons (Fsp3) is 0.636. The Bertz CT molecular complexity index is 415. The minimum Gasteiger partial charge on any atom is -0.375 e. The molecule has 0 aromatic carbocycles. The molecule has 3 heterocycles. The number of carbonyl (C=O) groups is 1. The third-order valence-corrected chi connectivity index (χ3v) is 3.61. The molecule has 0 spiro atoms. The van der Waals surface area contributed by atoms with E-state index >= 15 is 0 Å². The standard InChI is InChI=1S/C11H15N3O2/c12-11(15)9-3-4-13-14(9)6-7-5-8-1-2-10(7)16-8/h3-4,7-8,10H,1-2,5-6H2,(H2,12,15)/t7-,8+,10-/m1/s1. The van der Waals surface area contributed by atoms with E-state index in [1.807, 2.05) is 0 Å². The van der Waals surface area contributed by atoms with Crippen LogP contribution in [-0.2, 0) is 11.3 Å². The Labute approximate surface area is 93.6 Å². The van der Waals surface area contributed by atoms with Crippen molar-refractivity contribution in [1.82, 2.24) is 9.78 Å². The molecule has 0 saturated carbocycles. The average molecular weight is 221 g/mol. The lowest BCUT2D eigenvalue weighted by atomic mass is 9.89. The Morgan fingerprint density at radius 2 is 2.50 bits per heavy atom. The van der Waals surface area contributed by atoms with Gasteiger partial charge in [0.15, 0.2) is 0 Å². The minimum atomic E-state index is -0.415. The topological polar surface area (TPSA) is 70.1 Å². The number of aromatic nitrogens is 2. The largest absolute Gasteiger partial charge is 0.375 e. The first-order valence-electron chi connectivity index (χ1n) is 5.71. The van der Waals surface area contributed by atoms with Gasteiger partial charge in [0, 0.05) is 18.7 Å². The number of hydrogen-bond acceptors (Lipinski definition) is 3. The molecule has 2 fully saturated rings. The van der Waals surface area contributed by atoms with Crippen molar-refractivity contribution in [3.05, 3.63) is 18.0 Å². The van der Waals surface area contributed by atoms with Crippen LogP contribution in [-0.4, -0.2) is 27.9 Å². The van der Waals surface area contributed by atoms with Crippen molar-refractivity contribution < 1.29 is 9.53 Å². The highest BCUT2D eigenvalue weighted by molar-refractivity contribution is 5.90. The molecule has 86 valence electrons. The first-order valence-corrected chi connectivity index (χ1v) is 5.71. The van der Waals surface area contributed by atoms with Gasteiger partial charge in [-0.3, -0.25) is 9.48 Å². The van der Waals surface area contributed by atoms with Crippen molar-refractivity contribution in [1.29, 1.82) is 0 Å². The summed E-state index contributed by atoms with van der Waals surface area (Å²) < 4.78 is 7.48. The number of carbonyl (C=O) groups excluding carboxylic acids is 1. The quantitative estimate of drug-likeness (QED) is 0.810. The monoisotopic (exact) mass is 221 g/mol. The maximum atomic E-state index is 11.1. The molecule has 0 unspecified atom stereocenters. The summed E-state index contributed by atoms with van der Waals surface area (Å²) in [5, 5.41) is 4.14. The van der Waals surface area contributed by atoms with Crippen LogP contribution in [0.25, 0.3) is 0 Å². The highest BCUT2D eigenvalue weighted by atomic mass is 16.5. The van der Waals surface area contributed by atoms with E-state index in [1.165, 1.54) is 6.42 Å². The SMILES string of the molecule is NC(=O)c1ccnn1C[C@H]1C[C@@H]2CC[C@H]1O2. The lowest BCUT2D eigenvalue weighted by Gasteiger charge is -2.19. The Morgan fingerprint density at radius 1 is 1.62 bits per heavy atom. The molecule has 1 amide bonds. The Balaban J connectivity index is 1.74. The van der Waals surface area contributed by atoms with E-state index in [2.05, 4.69) is 5.10 Å². The molecule has 2 saturated heterocycles. The molecule has 3 rings (SSSR count). The smallest absolute Gasteiger partial charge is 0.266 e. The van der Waals surface area contributed by atoms with Gasteiger partial charge in [-0.25, -0.2) is 0 Å². The normalized spacial score (nSPS) is 32.1. The number of fused-ring (bicyclic) bond motifs is 2. The minimum absolute atomic E-state index is 0.356. The third kappa shape index (κ3) is 1.51. The van der Waals surface area contributed by atoms with Gasteiger partial charge in [-0.2, -0.15) is 5.10 Å². The molecule has 3 atom stereocenters. The summed E-state index contributed by atoms with van der Waals surface area (Å²) in [6.45, 7) is 0.742. The molecule has 16 heavy (non-hydrogen) atoms. The molecule has 0 radical (unpaired) electrons. The number of nitrogens with zero attached hydrogens (tertiary/aromatic N) is 2. The molecule has 1 aromatic heterocycles. The van der Waals surface area contributed by atoms with Crippen molar-refractivity contribution >= 4 is 5.91 Å². The van der Waals surface area contributed by atoms with Gasteiger partial charge in [-0.05, 0) is 25.3 Å². The molecular formula is C11H15N3O2. The van der Waals surface area contributed by atoms with Gasteiger partial charge in [-0.15, -0.1) is 0 Å². The summed E-state index contributed by atoms with van der Waals surface area (Å²) in [6, 6.07) is 1.66. The number of nitrogens with two attached hydrogens (primary N) is 1. The molecular weight excluding hydrogens is 206 g/mol. The van der Waals surface area contributed by atoms with Gasteiger partial charge in [0.1, 0.15) is 5.69 Å². The fourth-order valence-electron chi connectivity index (χ4n) is 2.84. The van der Waals surface area contributed by atoms with Crippen LogP contribution in [0.4, 0.5) is 0 Å². The van der Waals surface area contributed by atoms with E-state index in [9.17, 15) is 4.79 Å². The van der Waals surface area contributed by atoms with Crippen LogP contribution < -0.4 is 5.73 Å². The average Bonchev–Trinajstić information content (AvgIpc) is 2.91. The summed E-state index contributed by atoms with van der Waals surface area (Å²) in [7, 11) is 0. The predicted octanol–water partition coefficient (Wildman–Crippen LogP) is 0.549. The second-order valence-electron chi connectivity index (χ2n) is 4.63. The number of rotatable bonds is 3. The molecule has 5 nitrogen and oxygen atoms in total. The van der Waals surface area contributed by atoms with Crippen molar-refractivity contribution in [2.45, 2.75) is 38.0 Å². The molecule has 2 N–H and O–H groups in total. The van der Waals surface area contributed by atoms with E-state index in [1.54, 1.807) is 16.9 Å². The van der Waals surface area contributed by atoms with Crippen LogP contribution in [0, 0.1) is 5.92 Å². The van der Waals surface area contributed by atoms with E-state index < -0.39 is 5.91 Å². The molecule has 2 aliphatic heterocycles. The van der Waals surface area contributed by atoms with E-state index in [0.29, 0.717) is 23.8 Å². The highest BCUT2D eigenvalue weighted by Crippen LogP contribution is 2.39. The number of hydrogen-bond donors (Lipinski definition) is 1. The van der Waals surface area contributed by atoms with Crippen LogP contribution in [0.5, 0.6) is 0 Å². The van der Waals surface area contributed by atoms with Crippen LogP contribution in [0.2, 0.25) is 0 Å². The second-order valence-corrected chi connectivity index (χ2v) is 4.63. The van der Waals surface area contributed by atoms with Gasteiger partial charge in [0.05, 0.1) is 12.2 Å². The molecule has 2 aliphatic rings. The van der Waals surface area contributed by atoms with E-state index in [0.717, 1.165) is 19.4 Å². The van der Waals surface area contributed by atoms with Crippen molar-refractivity contribution in [3.63, 3.8) is 0 Å². The fourth-order valence-corrected chi connectivity index (χ4v) is 2.84. The third-order valence-electron chi connectivity index (χ3n) is 3.61. The summed E-state index contributed by atoms with van der Waals surface area (Å²) in [5.74, 6) is 0.0679. The number of ether oxygens (including phenoxy) is 1. The van der Waals surface area contributed by atoms with Gasteiger partial charge < -0.3 is 10.5 Å². The molecule has 2 bridgehead atoms. The van der Waals surface area contributed by atoms with Gasteiger partial charge in [-0.1, -0.05) is 0 Å². The second kappa shape index (κ2) is 3.59. The van der Waals surface area contributed by atoms with Crippen LogP contribution in [0.15, 0.2) is 12.3 Å². The maximum absolute atomic E-state index is 11.1.